The number of pyridine rings is 2. The highest BCUT2D eigenvalue weighted by Gasteiger charge is 2.16. The van der Waals surface area contributed by atoms with Crippen molar-refractivity contribution in [3.8, 4) is 0 Å². The zero-order valence-electron chi connectivity index (χ0n) is 18.1. The van der Waals surface area contributed by atoms with Crippen LogP contribution >= 0.6 is 11.8 Å². The smallest absolute Gasteiger partial charge is 0.277 e. The van der Waals surface area contributed by atoms with Gasteiger partial charge in [0.05, 0.1) is 23.3 Å². The van der Waals surface area contributed by atoms with Gasteiger partial charge in [0.25, 0.3) is 5.56 Å². The van der Waals surface area contributed by atoms with E-state index in [1.807, 2.05) is 48.9 Å². The fraction of sp³-hybridized carbons (Fsp3) is 0.261. The molecule has 0 unspecified atom stereocenters. The van der Waals surface area contributed by atoms with Crippen LogP contribution in [-0.2, 0) is 7.05 Å². The summed E-state index contributed by atoms with van der Waals surface area (Å²) in [6.07, 6.45) is 6.39. The number of hydrogen-bond donors (Lipinski definition) is 3. The van der Waals surface area contributed by atoms with E-state index in [4.69, 9.17) is 0 Å². The Bertz CT molecular complexity index is 1310. The fourth-order valence-corrected chi connectivity index (χ4v) is 4.58. The number of benzene rings is 1. The number of nitrogens with one attached hydrogen (secondary N) is 3. The Morgan fingerprint density at radius 1 is 1.03 bits per heavy atom. The minimum atomic E-state index is -0.128. The Balaban J connectivity index is 1.49. The van der Waals surface area contributed by atoms with Gasteiger partial charge in [-0.25, -0.2) is 9.97 Å². The van der Waals surface area contributed by atoms with Crippen LogP contribution in [0, 0.1) is 0 Å². The molecule has 3 N–H and O–H groups in total. The van der Waals surface area contributed by atoms with E-state index in [-0.39, 0.29) is 5.56 Å². The van der Waals surface area contributed by atoms with Crippen LogP contribution in [0.5, 0.6) is 0 Å². The highest BCUT2D eigenvalue weighted by molar-refractivity contribution is 7.98. The summed E-state index contributed by atoms with van der Waals surface area (Å²) in [6.45, 7) is 2.17. The van der Waals surface area contributed by atoms with Gasteiger partial charge in [-0.2, -0.15) is 0 Å². The lowest BCUT2D eigenvalue weighted by molar-refractivity contribution is 0.748. The fourth-order valence-electron chi connectivity index (χ4n) is 4.03. The second kappa shape index (κ2) is 8.58. The first-order valence-corrected chi connectivity index (χ1v) is 11.8. The van der Waals surface area contributed by atoms with Gasteiger partial charge in [-0.1, -0.05) is 12.1 Å². The molecule has 1 aromatic carbocycles. The summed E-state index contributed by atoms with van der Waals surface area (Å²) >= 11 is 1.65. The van der Waals surface area contributed by atoms with E-state index in [9.17, 15) is 4.79 Å². The van der Waals surface area contributed by atoms with E-state index in [0.717, 1.165) is 29.4 Å². The molecule has 1 fully saturated rings. The third kappa shape index (κ3) is 3.91. The number of aromatic nitrogens is 4. The monoisotopic (exact) mass is 447 g/mol. The topological polar surface area (TPSA) is 90.9 Å². The molecule has 0 saturated carbocycles. The molecule has 0 atom stereocenters. The minimum absolute atomic E-state index is 0.128. The molecule has 0 bridgehead atoms. The number of anilines is 5. The van der Waals surface area contributed by atoms with Crippen molar-refractivity contribution in [2.24, 2.45) is 7.05 Å². The lowest BCUT2D eigenvalue weighted by atomic mass is 10.2. The van der Waals surface area contributed by atoms with E-state index in [2.05, 4.69) is 36.7 Å². The zero-order valence-corrected chi connectivity index (χ0v) is 18.9. The normalized spacial score (nSPS) is 13.6. The highest BCUT2D eigenvalue weighted by atomic mass is 32.2. The Hall–Kier alpha value is -3.46. The van der Waals surface area contributed by atoms with Crippen LogP contribution in [0.2, 0.25) is 0 Å². The molecule has 3 aromatic heterocycles. The maximum atomic E-state index is 12.7. The van der Waals surface area contributed by atoms with Gasteiger partial charge in [-0.05, 0) is 43.4 Å². The van der Waals surface area contributed by atoms with Crippen molar-refractivity contribution >= 4 is 51.5 Å². The number of hydrogen-bond acceptors (Lipinski definition) is 7. The van der Waals surface area contributed by atoms with Gasteiger partial charge in [0.2, 0.25) is 0 Å². The molecule has 4 heterocycles. The predicted molar refractivity (Wildman–Crippen MR) is 132 cm³/mol. The summed E-state index contributed by atoms with van der Waals surface area (Å²) in [6, 6.07) is 13.9. The quantitative estimate of drug-likeness (QED) is 0.376. The van der Waals surface area contributed by atoms with Crippen molar-refractivity contribution in [2.45, 2.75) is 17.7 Å². The van der Waals surface area contributed by atoms with Gasteiger partial charge < -0.3 is 15.5 Å². The predicted octanol–water partition coefficient (Wildman–Crippen LogP) is 4.47. The highest BCUT2D eigenvalue weighted by Crippen LogP contribution is 2.31. The van der Waals surface area contributed by atoms with Crippen molar-refractivity contribution < 1.29 is 0 Å². The largest absolute Gasteiger partial charge is 0.370 e. The summed E-state index contributed by atoms with van der Waals surface area (Å²) in [5.41, 5.74) is 3.15. The Kier molecular flexibility index (Phi) is 5.48. The Labute approximate surface area is 190 Å². The number of nitrogens with zero attached hydrogens (tertiary/aromatic N) is 4. The van der Waals surface area contributed by atoms with Crippen LogP contribution in [0.4, 0.5) is 28.7 Å². The summed E-state index contributed by atoms with van der Waals surface area (Å²) in [5.74, 6) is 1.30. The van der Waals surface area contributed by atoms with Gasteiger partial charge in [0.15, 0.2) is 5.65 Å². The number of fused-ring (bicyclic) bond motifs is 1. The second-order valence-electron chi connectivity index (χ2n) is 7.80. The van der Waals surface area contributed by atoms with Gasteiger partial charge >= 0.3 is 0 Å². The van der Waals surface area contributed by atoms with Crippen molar-refractivity contribution in [3.05, 3.63) is 59.0 Å². The van der Waals surface area contributed by atoms with E-state index in [1.165, 1.54) is 17.5 Å². The van der Waals surface area contributed by atoms with Crippen LogP contribution in [0.3, 0.4) is 0 Å². The third-order valence-electron chi connectivity index (χ3n) is 5.66. The molecule has 5 rings (SSSR count). The molecule has 0 spiro atoms. The zero-order chi connectivity index (χ0) is 22.1. The number of thioether (sulfide) groups is 1. The van der Waals surface area contributed by atoms with Gasteiger partial charge in [0, 0.05) is 31.1 Å². The van der Waals surface area contributed by atoms with E-state index in [1.54, 1.807) is 18.8 Å². The van der Waals surface area contributed by atoms with Crippen LogP contribution in [0.1, 0.15) is 12.8 Å². The standard InChI is InChI=1S/C23H25N7OS/c1-29-23(31)21-17(25-16-7-3-4-8-18(16)32-2)13-20(27-22(21)28-29)26-19-10-9-15(14-24-19)30-11-5-6-12-30/h3-4,7-10,13-14H,5-6,11-12H2,1-2H3,(H3,24,25,26,27,28). The minimum Gasteiger partial charge on any atom is -0.370 e. The molecule has 32 heavy (non-hydrogen) atoms. The van der Waals surface area contributed by atoms with Crippen LogP contribution in [0.15, 0.2) is 58.4 Å². The molecule has 9 heteroatoms. The molecule has 0 radical (unpaired) electrons. The first kappa shape index (κ1) is 20.4. The maximum Gasteiger partial charge on any atom is 0.277 e. The number of rotatable bonds is 6. The average Bonchev–Trinajstić information content (AvgIpc) is 3.43. The summed E-state index contributed by atoms with van der Waals surface area (Å²) in [4.78, 5) is 25.4. The average molecular weight is 448 g/mol. The summed E-state index contributed by atoms with van der Waals surface area (Å²) in [7, 11) is 1.69. The molecule has 0 amide bonds. The van der Waals surface area contributed by atoms with Crippen molar-refractivity contribution in [3.63, 3.8) is 0 Å². The third-order valence-corrected chi connectivity index (χ3v) is 6.46. The SMILES string of the molecule is CSc1ccccc1Nc1cc(Nc2ccc(N3CCCC3)cn2)nc2[nH]n(C)c(=O)c12. The van der Waals surface area contributed by atoms with E-state index < -0.39 is 0 Å². The Morgan fingerprint density at radius 3 is 2.59 bits per heavy atom. The van der Waals surface area contributed by atoms with E-state index >= 15 is 0 Å². The lowest BCUT2D eigenvalue weighted by Crippen LogP contribution is -2.17. The second-order valence-corrected chi connectivity index (χ2v) is 8.65. The molecular formula is C23H25N7OS. The van der Waals surface area contributed by atoms with Gasteiger partial charge in [-0.15, -0.1) is 11.8 Å². The summed E-state index contributed by atoms with van der Waals surface area (Å²) < 4.78 is 1.44. The maximum absolute atomic E-state index is 12.7. The van der Waals surface area contributed by atoms with E-state index in [0.29, 0.717) is 28.4 Å². The first-order chi connectivity index (χ1) is 15.6. The molecule has 0 aliphatic carbocycles. The van der Waals surface area contributed by atoms with Gasteiger partial charge in [0.1, 0.15) is 17.0 Å². The number of aromatic amines is 1. The molecular weight excluding hydrogens is 422 g/mol. The lowest BCUT2D eigenvalue weighted by Gasteiger charge is -2.17. The first-order valence-electron chi connectivity index (χ1n) is 10.6. The number of para-hydroxylation sites is 1. The van der Waals surface area contributed by atoms with Crippen LogP contribution < -0.4 is 21.1 Å². The molecule has 8 nitrogen and oxygen atoms in total. The van der Waals surface area contributed by atoms with Gasteiger partial charge in [-0.3, -0.25) is 14.6 Å². The molecule has 164 valence electrons. The van der Waals surface area contributed by atoms with Crippen molar-refractivity contribution in [1.82, 2.24) is 19.7 Å². The van der Waals surface area contributed by atoms with Crippen molar-refractivity contribution in [1.29, 1.82) is 0 Å². The van der Waals surface area contributed by atoms with Crippen molar-refractivity contribution in [2.75, 3.05) is 34.9 Å². The molecule has 1 aliphatic heterocycles. The Morgan fingerprint density at radius 2 is 1.84 bits per heavy atom. The van der Waals surface area contributed by atoms with Crippen LogP contribution in [-0.4, -0.2) is 39.1 Å². The summed E-state index contributed by atoms with van der Waals surface area (Å²) in [5, 5.41) is 10.3. The molecule has 1 aliphatic rings. The molecule has 4 aromatic rings. The molecule has 1 saturated heterocycles. The van der Waals surface area contributed by atoms with Crippen LogP contribution in [0.25, 0.3) is 11.0 Å². The number of aryl methyl sites for hydroxylation is 1. The number of H-pyrrole nitrogens is 1.